The van der Waals surface area contributed by atoms with Crippen LogP contribution >= 0.6 is 0 Å². The minimum Gasteiger partial charge on any atom is -0.497 e. The zero-order valence-corrected chi connectivity index (χ0v) is 15.9. The van der Waals surface area contributed by atoms with Gasteiger partial charge >= 0.3 is 0 Å². The van der Waals surface area contributed by atoms with E-state index < -0.39 is 0 Å². The summed E-state index contributed by atoms with van der Waals surface area (Å²) in [5.74, 6) is 0.912. The molecule has 0 saturated heterocycles. The molecule has 0 aliphatic heterocycles. The second-order valence-corrected chi connectivity index (χ2v) is 6.21. The van der Waals surface area contributed by atoms with Gasteiger partial charge in [0, 0.05) is 18.2 Å². The zero-order chi connectivity index (χ0) is 20.1. The van der Waals surface area contributed by atoms with Crippen LogP contribution in [0.2, 0.25) is 0 Å². The van der Waals surface area contributed by atoms with E-state index in [-0.39, 0.29) is 11.7 Å². The molecule has 1 aromatic heterocycles. The molecule has 28 heavy (non-hydrogen) atoms. The molecule has 1 amide bonds. The molecule has 0 unspecified atom stereocenters. The molecule has 0 atom stereocenters. The van der Waals surface area contributed by atoms with Crippen molar-refractivity contribution >= 4 is 5.91 Å². The van der Waals surface area contributed by atoms with Crippen LogP contribution in [0.5, 0.6) is 11.5 Å². The van der Waals surface area contributed by atoms with E-state index in [1.54, 1.807) is 51.5 Å². The van der Waals surface area contributed by atoms with Gasteiger partial charge in [0.25, 0.3) is 5.91 Å². The highest BCUT2D eigenvalue weighted by molar-refractivity contribution is 6.00. The van der Waals surface area contributed by atoms with Crippen molar-refractivity contribution in [3.8, 4) is 22.8 Å². The number of hydrogen-bond donors (Lipinski definition) is 1. The maximum Gasteiger partial charge on any atom is 0.257 e. The first-order valence-electron chi connectivity index (χ1n) is 8.74. The highest BCUT2D eigenvalue weighted by atomic mass is 19.1. The standard InChI is InChI=1S/C21H21FN2O4/c1-13-19(21(25)23-9-8-14-4-6-16(22)7-5-14)20(28-24-13)15-10-17(26-2)12-18(11-15)27-3/h4-7,10-12H,8-9H2,1-3H3,(H,23,25). The molecule has 3 rings (SSSR count). The summed E-state index contributed by atoms with van der Waals surface area (Å²) in [7, 11) is 3.10. The van der Waals surface area contributed by atoms with Gasteiger partial charge in [-0.15, -0.1) is 0 Å². The van der Waals surface area contributed by atoms with E-state index in [4.69, 9.17) is 14.0 Å². The van der Waals surface area contributed by atoms with E-state index in [1.807, 2.05) is 0 Å². The predicted octanol–water partition coefficient (Wildman–Crippen LogP) is 3.78. The van der Waals surface area contributed by atoms with E-state index >= 15 is 0 Å². The number of aryl methyl sites for hydroxylation is 1. The van der Waals surface area contributed by atoms with Gasteiger partial charge in [-0.25, -0.2) is 4.39 Å². The van der Waals surface area contributed by atoms with Crippen molar-refractivity contribution in [2.24, 2.45) is 0 Å². The minimum atomic E-state index is -0.294. The number of benzene rings is 2. The van der Waals surface area contributed by atoms with Crippen molar-refractivity contribution in [1.29, 1.82) is 0 Å². The average Bonchev–Trinajstić information content (AvgIpc) is 3.10. The van der Waals surface area contributed by atoms with Gasteiger partial charge in [-0.05, 0) is 43.2 Å². The molecule has 1 heterocycles. The van der Waals surface area contributed by atoms with Crippen LogP contribution in [-0.2, 0) is 6.42 Å². The quantitative estimate of drug-likeness (QED) is 0.671. The Kier molecular flexibility index (Phi) is 5.93. The van der Waals surface area contributed by atoms with Crippen LogP contribution in [-0.4, -0.2) is 31.8 Å². The number of amides is 1. The second-order valence-electron chi connectivity index (χ2n) is 6.21. The lowest BCUT2D eigenvalue weighted by atomic mass is 10.1. The lowest BCUT2D eigenvalue weighted by Crippen LogP contribution is -2.26. The Hall–Kier alpha value is -3.35. The van der Waals surface area contributed by atoms with Crippen LogP contribution in [0.25, 0.3) is 11.3 Å². The monoisotopic (exact) mass is 384 g/mol. The number of nitrogens with zero attached hydrogens (tertiary/aromatic N) is 1. The van der Waals surface area contributed by atoms with Crippen molar-refractivity contribution in [2.75, 3.05) is 20.8 Å². The van der Waals surface area contributed by atoms with E-state index in [2.05, 4.69) is 10.5 Å². The molecular weight excluding hydrogens is 363 g/mol. The van der Waals surface area contributed by atoms with Gasteiger partial charge in [0.1, 0.15) is 22.9 Å². The van der Waals surface area contributed by atoms with Crippen LogP contribution in [0.1, 0.15) is 21.6 Å². The molecule has 0 aliphatic carbocycles. The van der Waals surface area contributed by atoms with Crippen LogP contribution < -0.4 is 14.8 Å². The maximum atomic E-state index is 13.0. The summed E-state index contributed by atoms with van der Waals surface area (Å²) in [4.78, 5) is 12.7. The summed E-state index contributed by atoms with van der Waals surface area (Å²) in [5.41, 5.74) is 2.40. The average molecular weight is 384 g/mol. The van der Waals surface area contributed by atoms with Crippen LogP contribution in [0, 0.1) is 12.7 Å². The number of methoxy groups -OCH3 is 2. The fraction of sp³-hybridized carbons (Fsp3) is 0.238. The Labute approximate surface area is 162 Å². The van der Waals surface area contributed by atoms with Gasteiger partial charge < -0.3 is 19.3 Å². The van der Waals surface area contributed by atoms with Crippen molar-refractivity contribution in [1.82, 2.24) is 10.5 Å². The Morgan fingerprint density at radius 3 is 2.36 bits per heavy atom. The van der Waals surface area contributed by atoms with Crippen LogP contribution in [0.4, 0.5) is 4.39 Å². The molecule has 0 saturated carbocycles. The minimum absolute atomic E-state index is 0.286. The first kappa shape index (κ1) is 19.4. The Bertz CT molecular complexity index is 945. The molecule has 7 heteroatoms. The molecule has 3 aromatic rings. The topological polar surface area (TPSA) is 73.6 Å². The molecule has 0 spiro atoms. The zero-order valence-electron chi connectivity index (χ0n) is 15.9. The SMILES string of the molecule is COc1cc(OC)cc(-c2onc(C)c2C(=O)NCCc2ccc(F)cc2)c1. The normalized spacial score (nSPS) is 10.6. The fourth-order valence-corrected chi connectivity index (χ4v) is 2.83. The lowest BCUT2D eigenvalue weighted by Gasteiger charge is -2.09. The third-order valence-electron chi connectivity index (χ3n) is 4.32. The third-order valence-corrected chi connectivity index (χ3v) is 4.32. The number of carbonyl (C=O) groups is 1. The number of rotatable bonds is 7. The fourth-order valence-electron chi connectivity index (χ4n) is 2.83. The highest BCUT2D eigenvalue weighted by Gasteiger charge is 2.22. The molecule has 0 bridgehead atoms. The van der Waals surface area contributed by atoms with Crippen molar-refractivity contribution in [2.45, 2.75) is 13.3 Å². The molecule has 2 aromatic carbocycles. The highest BCUT2D eigenvalue weighted by Crippen LogP contribution is 2.32. The van der Waals surface area contributed by atoms with E-state index in [9.17, 15) is 9.18 Å². The van der Waals surface area contributed by atoms with Gasteiger partial charge in [-0.3, -0.25) is 4.79 Å². The third kappa shape index (κ3) is 4.31. The van der Waals surface area contributed by atoms with E-state index in [0.29, 0.717) is 47.0 Å². The molecule has 0 aliphatic rings. The van der Waals surface area contributed by atoms with Crippen molar-refractivity contribution < 1.29 is 23.2 Å². The van der Waals surface area contributed by atoms with Gasteiger partial charge in [0.2, 0.25) is 0 Å². The molecular formula is C21H21FN2O4. The number of carbonyl (C=O) groups excluding carboxylic acids is 1. The van der Waals surface area contributed by atoms with Crippen molar-refractivity contribution in [3.63, 3.8) is 0 Å². The lowest BCUT2D eigenvalue weighted by molar-refractivity contribution is 0.0954. The number of ether oxygens (including phenoxy) is 2. The molecule has 0 fully saturated rings. The summed E-state index contributed by atoms with van der Waals surface area (Å²) in [6.45, 7) is 2.11. The Morgan fingerprint density at radius 2 is 1.75 bits per heavy atom. The molecule has 0 radical (unpaired) electrons. The summed E-state index contributed by atoms with van der Waals surface area (Å²) in [6, 6.07) is 11.4. The smallest absolute Gasteiger partial charge is 0.257 e. The van der Waals surface area contributed by atoms with Crippen molar-refractivity contribution in [3.05, 3.63) is 65.1 Å². The largest absolute Gasteiger partial charge is 0.497 e. The van der Waals surface area contributed by atoms with Gasteiger partial charge in [-0.2, -0.15) is 0 Å². The van der Waals surface area contributed by atoms with E-state index in [0.717, 1.165) is 5.56 Å². The van der Waals surface area contributed by atoms with Gasteiger partial charge in [0.15, 0.2) is 5.76 Å². The summed E-state index contributed by atoms with van der Waals surface area (Å²) < 4.78 is 28.9. The Morgan fingerprint density at radius 1 is 1.11 bits per heavy atom. The summed E-state index contributed by atoms with van der Waals surface area (Å²) in [6.07, 6.45) is 0.582. The number of hydrogen-bond acceptors (Lipinski definition) is 5. The summed E-state index contributed by atoms with van der Waals surface area (Å²) in [5, 5.41) is 6.80. The maximum absolute atomic E-state index is 13.0. The van der Waals surface area contributed by atoms with Crippen LogP contribution in [0.3, 0.4) is 0 Å². The number of halogens is 1. The number of nitrogens with one attached hydrogen (secondary N) is 1. The second kappa shape index (κ2) is 8.56. The molecule has 1 N–H and O–H groups in total. The molecule has 146 valence electrons. The van der Waals surface area contributed by atoms with Crippen LogP contribution in [0.15, 0.2) is 47.0 Å². The molecule has 6 nitrogen and oxygen atoms in total. The van der Waals surface area contributed by atoms with E-state index in [1.165, 1.54) is 12.1 Å². The predicted molar refractivity (Wildman–Crippen MR) is 102 cm³/mol. The summed E-state index contributed by atoms with van der Waals surface area (Å²) >= 11 is 0. The number of aromatic nitrogens is 1. The first-order valence-corrected chi connectivity index (χ1v) is 8.74. The van der Waals surface area contributed by atoms with Gasteiger partial charge in [0.05, 0.1) is 19.9 Å². The Balaban J connectivity index is 1.78. The van der Waals surface area contributed by atoms with Gasteiger partial charge in [-0.1, -0.05) is 17.3 Å². The first-order chi connectivity index (χ1) is 13.5.